The number of aryl methyl sites for hydroxylation is 1. The fourth-order valence-electron chi connectivity index (χ4n) is 1.46. The van der Waals surface area contributed by atoms with Crippen LogP contribution in [-0.2, 0) is 0 Å². The highest BCUT2D eigenvalue weighted by Gasteiger charge is 2.13. The van der Waals surface area contributed by atoms with Crippen molar-refractivity contribution in [3.8, 4) is 0 Å². The van der Waals surface area contributed by atoms with E-state index in [4.69, 9.17) is 5.84 Å². The smallest absolute Gasteiger partial charge is 0.275 e. The van der Waals surface area contributed by atoms with E-state index in [1.54, 1.807) is 0 Å². The van der Waals surface area contributed by atoms with Gasteiger partial charge in [0.05, 0.1) is 4.88 Å². The van der Waals surface area contributed by atoms with E-state index in [1.165, 1.54) is 11.3 Å². The van der Waals surface area contributed by atoms with E-state index < -0.39 is 0 Å². The molecule has 0 unspecified atom stereocenters. The van der Waals surface area contributed by atoms with Gasteiger partial charge in [0.25, 0.3) is 5.91 Å². The molecule has 1 aromatic carbocycles. The molecule has 3 N–H and O–H groups in total. The van der Waals surface area contributed by atoms with Crippen molar-refractivity contribution < 1.29 is 4.79 Å². The molecule has 1 heterocycles. The molecular weight excluding hydrogens is 196 g/mol. The Morgan fingerprint density at radius 2 is 2.14 bits per heavy atom. The zero-order chi connectivity index (χ0) is 10.1. The maximum atomic E-state index is 11.4. The monoisotopic (exact) mass is 206 g/mol. The van der Waals surface area contributed by atoms with Crippen LogP contribution >= 0.6 is 11.3 Å². The molecule has 14 heavy (non-hydrogen) atoms. The van der Waals surface area contributed by atoms with Gasteiger partial charge in [-0.1, -0.05) is 18.2 Å². The van der Waals surface area contributed by atoms with Crippen molar-refractivity contribution in [1.29, 1.82) is 0 Å². The summed E-state index contributed by atoms with van der Waals surface area (Å²) in [4.78, 5) is 12.1. The normalized spacial score (nSPS) is 10.4. The van der Waals surface area contributed by atoms with Gasteiger partial charge in [0, 0.05) is 4.70 Å². The number of nitrogens with one attached hydrogen (secondary N) is 1. The number of carbonyl (C=O) groups is 1. The highest BCUT2D eigenvalue weighted by atomic mass is 32.1. The molecule has 0 bridgehead atoms. The summed E-state index contributed by atoms with van der Waals surface area (Å²) < 4.78 is 1.11. The topological polar surface area (TPSA) is 55.1 Å². The quantitative estimate of drug-likeness (QED) is 0.425. The number of hydrazine groups is 1. The standard InChI is InChI=1S/C10H10N2OS/c1-6-7-4-2-3-5-8(7)14-9(6)10(13)12-11/h2-5H,11H2,1H3,(H,12,13). The number of hydrogen-bond acceptors (Lipinski definition) is 3. The molecular formula is C10H10N2OS. The van der Waals surface area contributed by atoms with Crippen LogP contribution in [0, 0.1) is 6.92 Å². The van der Waals surface area contributed by atoms with E-state index in [1.807, 2.05) is 31.2 Å². The second-order valence-corrected chi connectivity index (χ2v) is 4.08. The summed E-state index contributed by atoms with van der Waals surface area (Å²) in [5.74, 6) is 4.88. The third-order valence-electron chi connectivity index (χ3n) is 2.18. The Morgan fingerprint density at radius 3 is 2.79 bits per heavy atom. The van der Waals surface area contributed by atoms with Gasteiger partial charge in [-0.3, -0.25) is 10.2 Å². The fourth-order valence-corrected chi connectivity index (χ4v) is 2.57. The number of benzene rings is 1. The van der Waals surface area contributed by atoms with E-state index in [-0.39, 0.29) is 5.91 Å². The first kappa shape index (κ1) is 9.18. The molecule has 4 heteroatoms. The van der Waals surface area contributed by atoms with Crippen molar-refractivity contribution in [1.82, 2.24) is 5.43 Å². The van der Waals surface area contributed by atoms with Crippen LogP contribution in [0.15, 0.2) is 24.3 Å². The lowest BCUT2D eigenvalue weighted by Crippen LogP contribution is -2.29. The van der Waals surface area contributed by atoms with Crippen LogP contribution in [0.4, 0.5) is 0 Å². The summed E-state index contributed by atoms with van der Waals surface area (Å²) in [7, 11) is 0. The molecule has 2 rings (SSSR count). The van der Waals surface area contributed by atoms with Crippen molar-refractivity contribution in [2.75, 3.05) is 0 Å². The van der Waals surface area contributed by atoms with Crippen molar-refractivity contribution in [3.05, 3.63) is 34.7 Å². The lowest BCUT2D eigenvalue weighted by molar-refractivity contribution is 0.0957. The predicted molar refractivity (Wildman–Crippen MR) is 58.2 cm³/mol. The Labute approximate surface area is 85.5 Å². The summed E-state index contributed by atoms with van der Waals surface area (Å²) >= 11 is 1.46. The highest BCUT2D eigenvalue weighted by Crippen LogP contribution is 2.30. The first-order valence-electron chi connectivity index (χ1n) is 4.23. The summed E-state index contributed by atoms with van der Waals surface area (Å²) in [5.41, 5.74) is 3.15. The zero-order valence-electron chi connectivity index (χ0n) is 7.70. The van der Waals surface area contributed by atoms with E-state index in [0.29, 0.717) is 4.88 Å². The van der Waals surface area contributed by atoms with E-state index >= 15 is 0 Å². The number of carbonyl (C=O) groups excluding carboxylic acids is 1. The molecule has 0 saturated carbocycles. The molecule has 0 aliphatic rings. The molecule has 0 spiro atoms. The van der Waals surface area contributed by atoms with Crippen LogP contribution in [0.25, 0.3) is 10.1 Å². The van der Waals surface area contributed by atoms with Gasteiger partial charge < -0.3 is 0 Å². The Morgan fingerprint density at radius 1 is 1.43 bits per heavy atom. The van der Waals surface area contributed by atoms with Gasteiger partial charge in [0.2, 0.25) is 0 Å². The van der Waals surface area contributed by atoms with Crippen LogP contribution in [-0.4, -0.2) is 5.91 Å². The fraction of sp³-hybridized carbons (Fsp3) is 0.100. The van der Waals surface area contributed by atoms with Gasteiger partial charge in [-0.25, -0.2) is 5.84 Å². The minimum absolute atomic E-state index is 0.219. The number of fused-ring (bicyclic) bond motifs is 1. The van der Waals surface area contributed by atoms with Crippen LogP contribution in [0.2, 0.25) is 0 Å². The van der Waals surface area contributed by atoms with Crippen molar-refractivity contribution in [2.24, 2.45) is 5.84 Å². The van der Waals surface area contributed by atoms with Crippen LogP contribution < -0.4 is 11.3 Å². The molecule has 72 valence electrons. The minimum atomic E-state index is -0.219. The molecule has 3 nitrogen and oxygen atoms in total. The Balaban J connectivity index is 2.68. The van der Waals surface area contributed by atoms with E-state index in [0.717, 1.165) is 15.6 Å². The number of amides is 1. The first-order chi connectivity index (χ1) is 6.74. The SMILES string of the molecule is Cc1c(C(=O)NN)sc2ccccc12. The van der Waals surface area contributed by atoms with Crippen LogP contribution in [0.3, 0.4) is 0 Å². The second-order valence-electron chi connectivity index (χ2n) is 3.03. The lowest BCUT2D eigenvalue weighted by atomic mass is 10.1. The van der Waals surface area contributed by atoms with Crippen molar-refractivity contribution in [3.63, 3.8) is 0 Å². The molecule has 0 fully saturated rings. The maximum Gasteiger partial charge on any atom is 0.275 e. The van der Waals surface area contributed by atoms with Gasteiger partial charge in [-0.05, 0) is 23.9 Å². The minimum Gasteiger partial charge on any atom is -0.289 e. The molecule has 0 atom stereocenters. The molecule has 0 radical (unpaired) electrons. The Kier molecular flexibility index (Phi) is 2.23. The lowest BCUT2D eigenvalue weighted by Gasteiger charge is -1.95. The number of thiophene rings is 1. The summed E-state index contributed by atoms with van der Waals surface area (Å²) in [6, 6.07) is 7.93. The Hall–Kier alpha value is -1.39. The van der Waals surface area contributed by atoms with Crippen LogP contribution in [0.5, 0.6) is 0 Å². The molecule has 0 aliphatic heterocycles. The third kappa shape index (κ3) is 1.29. The zero-order valence-corrected chi connectivity index (χ0v) is 8.52. The number of rotatable bonds is 1. The Bertz CT molecular complexity index is 490. The highest BCUT2D eigenvalue weighted by molar-refractivity contribution is 7.21. The average molecular weight is 206 g/mol. The summed E-state index contributed by atoms with van der Waals surface area (Å²) in [5, 5.41) is 1.12. The van der Waals surface area contributed by atoms with Gasteiger partial charge in [-0.15, -0.1) is 11.3 Å². The van der Waals surface area contributed by atoms with E-state index in [2.05, 4.69) is 5.43 Å². The second kappa shape index (κ2) is 3.40. The van der Waals surface area contributed by atoms with Gasteiger partial charge in [0.1, 0.15) is 0 Å². The molecule has 2 aromatic rings. The molecule has 0 saturated heterocycles. The van der Waals surface area contributed by atoms with Crippen molar-refractivity contribution in [2.45, 2.75) is 6.92 Å². The number of hydrogen-bond donors (Lipinski definition) is 2. The molecule has 0 aliphatic carbocycles. The van der Waals surface area contributed by atoms with Crippen LogP contribution in [0.1, 0.15) is 15.2 Å². The molecule has 1 aromatic heterocycles. The average Bonchev–Trinajstić information content (AvgIpc) is 2.56. The van der Waals surface area contributed by atoms with Gasteiger partial charge in [-0.2, -0.15) is 0 Å². The maximum absolute atomic E-state index is 11.4. The summed E-state index contributed by atoms with van der Waals surface area (Å²) in [6.07, 6.45) is 0. The largest absolute Gasteiger partial charge is 0.289 e. The predicted octanol–water partition coefficient (Wildman–Crippen LogP) is 1.81. The number of nitrogens with two attached hydrogens (primary N) is 1. The van der Waals surface area contributed by atoms with E-state index in [9.17, 15) is 4.79 Å². The first-order valence-corrected chi connectivity index (χ1v) is 5.04. The third-order valence-corrected chi connectivity index (χ3v) is 3.45. The number of nitrogen functional groups attached to an aromatic ring is 1. The summed E-state index contributed by atoms with van der Waals surface area (Å²) in [6.45, 7) is 1.93. The van der Waals surface area contributed by atoms with Crippen molar-refractivity contribution >= 4 is 27.3 Å². The van der Waals surface area contributed by atoms with Gasteiger partial charge in [0.15, 0.2) is 0 Å². The molecule has 1 amide bonds. The van der Waals surface area contributed by atoms with Gasteiger partial charge >= 0.3 is 0 Å².